The zero-order valence-electron chi connectivity index (χ0n) is 15.4. The maximum Gasteiger partial charge on any atom is 0.239 e. The van der Waals surface area contributed by atoms with E-state index in [9.17, 15) is 4.79 Å². The first-order valence-electron chi connectivity index (χ1n) is 8.25. The molecule has 1 amide bonds. The Balaban J connectivity index is 2.39. The average molecular weight is 334 g/mol. The zero-order chi connectivity index (χ0) is 18.0. The number of amides is 1. The van der Waals surface area contributed by atoms with Gasteiger partial charge in [0.25, 0.3) is 0 Å². The number of aliphatic imine (C=N–C) groups is 1. The van der Waals surface area contributed by atoms with Gasteiger partial charge < -0.3 is 20.7 Å². The third-order valence-corrected chi connectivity index (χ3v) is 3.11. The fraction of sp³-hybridized carbons (Fsp3) is 0.556. The Bertz CT molecular complexity index is 533. The second kappa shape index (κ2) is 9.93. The highest BCUT2D eigenvalue weighted by Crippen LogP contribution is 2.05. The van der Waals surface area contributed by atoms with Gasteiger partial charge in [-0.05, 0) is 38.8 Å². The van der Waals surface area contributed by atoms with Crippen LogP contribution >= 0.6 is 0 Å². The molecule has 24 heavy (non-hydrogen) atoms. The minimum absolute atomic E-state index is 0.0641. The number of rotatable bonds is 7. The Hall–Kier alpha value is -2.08. The highest BCUT2D eigenvalue weighted by molar-refractivity contribution is 5.86. The first kappa shape index (κ1) is 20.0. The molecular formula is C18H30N4O2. The maximum absolute atomic E-state index is 11.8. The Morgan fingerprint density at radius 2 is 1.75 bits per heavy atom. The van der Waals surface area contributed by atoms with Gasteiger partial charge in [0, 0.05) is 25.7 Å². The van der Waals surface area contributed by atoms with Gasteiger partial charge in [0.05, 0.1) is 13.2 Å². The van der Waals surface area contributed by atoms with Gasteiger partial charge in [-0.1, -0.05) is 24.3 Å². The van der Waals surface area contributed by atoms with Crippen molar-refractivity contribution in [3.63, 3.8) is 0 Å². The molecule has 0 fully saturated rings. The highest BCUT2D eigenvalue weighted by atomic mass is 16.5. The molecule has 1 aromatic rings. The quantitative estimate of drug-likeness (QED) is 0.525. The van der Waals surface area contributed by atoms with Crippen LogP contribution in [0.15, 0.2) is 29.3 Å². The van der Waals surface area contributed by atoms with Crippen LogP contribution in [-0.2, 0) is 22.7 Å². The van der Waals surface area contributed by atoms with Crippen LogP contribution in [0.5, 0.6) is 0 Å². The van der Waals surface area contributed by atoms with Crippen molar-refractivity contribution < 1.29 is 9.53 Å². The van der Waals surface area contributed by atoms with Gasteiger partial charge in [0.2, 0.25) is 5.91 Å². The number of guanidine groups is 1. The van der Waals surface area contributed by atoms with Gasteiger partial charge in [0.1, 0.15) is 0 Å². The normalized spacial score (nSPS) is 12.0. The summed E-state index contributed by atoms with van der Waals surface area (Å²) in [7, 11) is 1.68. The molecule has 0 heterocycles. The molecule has 1 aromatic carbocycles. The van der Waals surface area contributed by atoms with E-state index in [1.807, 2.05) is 27.7 Å². The number of nitrogens with one attached hydrogen (secondary N) is 3. The standard InChI is InChI=1S/C18H30N4O2/c1-6-24-13-15-9-7-14(8-10-15)11-20-17(19-5)21-12-16(23)22-18(2,3)4/h7-10H,6,11-13H2,1-5H3,(H,22,23)(H2,19,20,21). The zero-order valence-corrected chi connectivity index (χ0v) is 15.4. The molecule has 0 aliphatic heterocycles. The van der Waals surface area contributed by atoms with Crippen LogP contribution in [0.1, 0.15) is 38.8 Å². The maximum atomic E-state index is 11.8. The van der Waals surface area contributed by atoms with E-state index in [-0.39, 0.29) is 18.0 Å². The molecule has 6 nitrogen and oxygen atoms in total. The summed E-state index contributed by atoms with van der Waals surface area (Å²) >= 11 is 0. The number of hydrogen-bond acceptors (Lipinski definition) is 3. The van der Waals surface area contributed by atoms with Crippen molar-refractivity contribution in [2.45, 2.75) is 46.4 Å². The van der Waals surface area contributed by atoms with Crippen LogP contribution in [-0.4, -0.2) is 37.6 Å². The van der Waals surface area contributed by atoms with Crippen molar-refractivity contribution in [2.75, 3.05) is 20.2 Å². The van der Waals surface area contributed by atoms with Crippen molar-refractivity contribution in [3.8, 4) is 0 Å². The average Bonchev–Trinajstić information content (AvgIpc) is 2.52. The lowest BCUT2D eigenvalue weighted by atomic mass is 10.1. The molecule has 0 unspecified atom stereocenters. The number of benzene rings is 1. The number of ether oxygens (including phenoxy) is 1. The third kappa shape index (κ3) is 8.53. The van der Waals surface area contributed by atoms with E-state index in [1.54, 1.807) is 7.05 Å². The molecule has 0 spiro atoms. The predicted octanol–water partition coefficient (Wildman–Crippen LogP) is 1.80. The fourth-order valence-electron chi connectivity index (χ4n) is 2.01. The Labute approximate surface area is 145 Å². The number of nitrogens with zero attached hydrogens (tertiary/aromatic N) is 1. The predicted molar refractivity (Wildman–Crippen MR) is 97.9 cm³/mol. The second-order valence-corrected chi connectivity index (χ2v) is 6.53. The van der Waals surface area contributed by atoms with E-state index in [4.69, 9.17) is 4.74 Å². The lowest BCUT2D eigenvalue weighted by Crippen LogP contribution is -2.48. The first-order valence-corrected chi connectivity index (χ1v) is 8.25. The van der Waals surface area contributed by atoms with Crippen molar-refractivity contribution >= 4 is 11.9 Å². The molecule has 0 saturated heterocycles. The third-order valence-electron chi connectivity index (χ3n) is 3.11. The minimum Gasteiger partial charge on any atom is -0.377 e. The molecule has 0 aliphatic carbocycles. The second-order valence-electron chi connectivity index (χ2n) is 6.53. The van der Waals surface area contributed by atoms with Gasteiger partial charge in [-0.2, -0.15) is 0 Å². The fourth-order valence-corrected chi connectivity index (χ4v) is 2.01. The molecule has 0 saturated carbocycles. The van der Waals surface area contributed by atoms with E-state index in [0.29, 0.717) is 25.7 Å². The van der Waals surface area contributed by atoms with Crippen molar-refractivity contribution in [1.29, 1.82) is 0 Å². The number of carbonyl (C=O) groups is 1. The number of carbonyl (C=O) groups excluding carboxylic acids is 1. The lowest BCUT2D eigenvalue weighted by molar-refractivity contribution is -0.121. The molecule has 6 heteroatoms. The van der Waals surface area contributed by atoms with Gasteiger partial charge in [-0.3, -0.25) is 9.79 Å². The van der Waals surface area contributed by atoms with Crippen LogP contribution < -0.4 is 16.0 Å². The van der Waals surface area contributed by atoms with Gasteiger partial charge in [-0.15, -0.1) is 0 Å². The molecule has 3 N–H and O–H groups in total. The van der Waals surface area contributed by atoms with Crippen molar-refractivity contribution in [1.82, 2.24) is 16.0 Å². The van der Waals surface area contributed by atoms with Crippen LogP contribution in [0.2, 0.25) is 0 Å². The van der Waals surface area contributed by atoms with Gasteiger partial charge >= 0.3 is 0 Å². The van der Waals surface area contributed by atoms with E-state index < -0.39 is 0 Å². The van der Waals surface area contributed by atoms with Crippen LogP contribution in [0.3, 0.4) is 0 Å². The molecule has 1 rings (SSSR count). The highest BCUT2D eigenvalue weighted by Gasteiger charge is 2.13. The topological polar surface area (TPSA) is 74.8 Å². The Kier molecular flexibility index (Phi) is 8.26. The summed E-state index contributed by atoms with van der Waals surface area (Å²) in [5.74, 6) is 0.531. The molecule has 0 aromatic heterocycles. The molecule has 0 aliphatic rings. The van der Waals surface area contributed by atoms with E-state index >= 15 is 0 Å². The molecular weight excluding hydrogens is 304 g/mol. The van der Waals surface area contributed by atoms with E-state index in [0.717, 1.165) is 11.1 Å². The summed E-state index contributed by atoms with van der Waals surface area (Å²) in [6.45, 7) is 10.0. The summed E-state index contributed by atoms with van der Waals surface area (Å²) < 4.78 is 5.38. The van der Waals surface area contributed by atoms with Crippen molar-refractivity contribution in [2.24, 2.45) is 4.99 Å². The summed E-state index contributed by atoms with van der Waals surface area (Å²) in [6.07, 6.45) is 0. The molecule has 0 atom stereocenters. The van der Waals surface area contributed by atoms with E-state index in [2.05, 4.69) is 45.2 Å². The Morgan fingerprint density at radius 3 is 2.29 bits per heavy atom. The summed E-state index contributed by atoms with van der Waals surface area (Å²) in [5.41, 5.74) is 2.05. The summed E-state index contributed by atoms with van der Waals surface area (Å²) in [6, 6.07) is 8.22. The smallest absolute Gasteiger partial charge is 0.239 e. The lowest BCUT2D eigenvalue weighted by Gasteiger charge is -2.21. The summed E-state index contributed by atoms with van der Waals surface area (Å²) in [5, 5.41) is 9.10. The Morgan fingerprint density at radius 1 is 1.12 bits per heavy atom. The first-order chi connectivity index (χ1) is 11.3. The van der Waals surface area contributed by atoms with Crippen LogP contribution in [0.4, 0.5) is 0 Å². The summed E-state index contributed by atoms with van der Waals surface area (Å²) in [4.78, 5) is 15.9. The molecule has 0 radical (unpaired) electrons. The monoisotopic (exact) mass is 334 g/mol. The molecule has 134 valence electrons. The SMILES string of the molecule is CCOCc1ccc(CNC(=NC)NCC(=O)NC(C)(C)C)cc1. The van der Waals surface area contributed by atoms with Crippen LogP contribution in [0.25, 0.3) is 0 Å². The van der Waals surface area contributed by atoms with Crippen LogP contribution in [0, 0.1) is 0 Å². The molecule has 0 bridgehead atoms. The minimum atomic E-state index is -0.237. The van der Waals surface area contributed by atoms with Gasteiger partial charge in [-0.25, -0.2) is 0 Å². The van der Waals surface area contributed by atoms with Crippen molar-refractivity contribution in [3.05, 3.63) is 35.4 Å². The van der Waals surface area contributed by atoms with E-state index in [1.165, 1.54) is 0 Å². The largest absolute Gasteiger partial charge is 0.377 e. The number of hydrogen-bond donors (Lipinski definition) is 3. The van der Waals surface area contributed by atoms with Gasteiger partial charge in [0.15, 0.2) is 5.96 Å².